The number of nitrogens with zero attached hydrogens (tertiary/aromatic N) is 4. The average Bonchev–Trinajstić information content (AvgIpc) is 2.92. The lowest BCUT2D eigenvalue weighted by atomic mass is 10.0. The fourth-order valence-electron chi connectivity index (χ4n) is 4.91. The number of hydrogen-bond donors (Lipinski definition) is 1. The van der Waals surface area contributed by atoms with Crippen LogP contribution in [0.4, 0.5) is 9.18 Å². The van der Waals surface area contributed by atoms with Gasteiger partial charge in [0, 0.05) is 13.1 Å². The fourth-order valence-corrected chi connectivity index (χ4v) is 5.37. The van der Waals surface area contributed by atoms with E-state index in [4.69, 9.17) is 6.42 Å². The van der Waals surface area contributed by atoms with Gasteiger partial charge in [-0.15, -0.1) is 6.42 Å². The van der Waals surface area contributed by atoms with E-state index in [-0.39, 0.29) is 43.3 Å². The number of piperazine rings is 1. The van der Waals surface area contributed by atoms with Gasteiger partial charge in [-0.2, -0.15) is 16.8 Å². The van der Waals surface area contributed by atoms with Crippen LogP contribution in [0.2, 0.25) is 0 Å². The van der Waals surface area contributed by atoms with E-state index < -0.39 is 12.2 Å². The van der Waals surface area contributed by atoms with E-state index in [0.717, 1.165) is 11.1 Å². The van der Waals surface area contributed by atoms with Crippen LogP contribution in [0.3, 0.4) is 0 Å². The summed E-state index contributed by atoms with van der Waals surface area (Å²) in [6, 6.07) is 14.7. The second-order valence-electron chi connectivity index (χ2n) is 9.26. The fraction of sp³-hybridized carbons (Fsp3) is 0.393. The lowest BCUT2D eigenvalue weighted by Gasteiger charge is -2.55. The highest BCUT2D eigenvalue weighted by Gasteiger charge is 2.50. The summed E-state index contributed by atoms with van der Waals surface area (Å²) in [4.78, 5) is 43.8. The first-order valence-electron chi connectivity index (χ1n) is 12.6. The van der Waals surface area contributed by atoms with E-state index >= 15 is 0 Å². The molecule has 2 aliphatic rings. The number of nitrogens with one attached hydrogen (secondary N) is 1. The van der Waals surface area contributed by atoms with Crippen molar-refractivity contribution in [2.24, 2.45) is 0 Å². The summed E-state index contributed by atoms with van der Waals surface area (Å²) in [5, 5.41) is 6.03. The Kier molecular flexibility index (Phi) is 9.26. The summed E-state index contributed by atoms with van der Waals surface area (Å²) < 4.78 is 13.4. The predicted octanol–water partition coefficient (Wildman–Crippen LogP) is 2.56. The Balaban J connectivity index is 1.60. The maximum Gasteiger partial charge on any atom is 0.334 e. The Morgan fingerprint density at radius 1 is 1.13 bits per heavy atom. The molecule has 2 unspecified atom stereocenters. The van der Waals surface area contributed by atoms with E-state index in [9.17, 15) is 18.8 Å². The third-order valence-corrected chi connectivity index (χ3v) is 7.42. The molecule has 0 saturated carbocycles. The van der Waals surface area contributed by atoms with Crippen molar-refractivity contribution in [3.8, 4) is 12.3 Å². The molecule has 2 heterocycles. The first kappa shape index (κ1) is 27.5. The standard InChI is InChI=1S/C28H32FN5O3S/c1-3-15-32-20-26(35)33-24(14-17-38-2)27(36)31(16-13-21-9-11-23(29)12-10-21)19-25(33)34(32)28(37)30-18-22-7-5-4-6-8-22/h1,4-12,24-25H,13-20H2,2H3,(H,30,37). The van der Waals surface area contributed by atoms with Crippen molar-refractivity contribution in [3.63, 3.8) is 0 Å². The van der Waals surface area contributed by atoms with Crippen molar-refractivity contribution < 1.29 is 18.8 Å². The van der Waals surface area contributed by atoms with Crippen molar-refractivity contribution in [1.82, 2.24) is 25.1 Å². The molecule has 0 bridgehead atoms. The number of halogens is 1. The summed E-state index contributed by atoms with van der Waals surface area (Å²) in [6.07, 6.45) is 7.85. The average molecular weight is 538 g/mol. The maximum atomic E-state index is 13.6. The predicted molar refractivity (Wildman–Crippen MR) is 145 cm³/mol. The van der Waals surface area contributed by atoms with Crippen molar-refractivity contribution in [2.45, 2.75) is 31.6 Å². The highest BCUT2D eigenvalue weighted by molar-refractivity contribution is 7.98. The zero-order valence-corrected chi connectivity index (χ0v) is 22.2. The molecule has 200 valence electrons. The SMILES string of the molecule is C#CCN1CC(=O)N2C(CCSC)C(=O)N(CCc3ccc(F)cc3)CC2N1C(=O)NCc1ccccc1. The molecule has 1 N–H and O–H groups in total. The molecule has 4 amide bonds. The zero-order chi connectivity index (χ0) is 27.1. The van der Waals surface area contributed by atoms with Gasteiger partial charge in [0.05, 0.1) is 19.6 Å². The van der Waals surface area contributed by atoms with E-state index in [1.165, 1.54) is 17.1 Å². The number of amides is 4. The Morgan fingerprint density at radius 3 is 2.55 bits per heavy atom. The zero-order valence-electron chi connectivity index (χ0n) is 21.4. The molecule has 2 aromatic carbocycles. The van der Waals surface area contributed by atoms with E-state index in [1.54, 1.807) is 38.7 Å². The highest BCUT2D eigenvalue weighted by Crippen LogP contribution is 2.28. The lowest BCUT2D eigenvalue weighted by molar-refractivity contribution is -0.188. The second kappa shape index (κ2) is 12.8. The summed E-state index contributed by atoms with van der Waals surface area (Å²) in [5.74, 6) is 2.55. The van der Waals surface area contributed by atoms with Crippen LogP contribution >= 0.6 is 11.8 Å². The highest BCUT2D eigenvalue weighted by atomic mass is 32.2. The molecule has 0 radical (unpaired) electrons. The van der Waals surface area contributed by atoms with E-state index in [0.29, 0.717) is 31.7 Å². The number of thioether (sulfide) groups is 1. The van der Waals surface area contributed by atoms with Crippen LogP contribution in [0.15, 0.2) is 54.6 Å². The minimum Gasteiger partial charge on any atom is -0.337 e. The number of hydrogen-bond acceptors (Lipinski definition) is 5. The van der Waals surface area contributed by atoms with Crippen LogP contribution in [-0.2, 0) is 22.6 Å². The third kappa shape index (κ3) is 6.29. The number of benzene rings is 2. The van der Waals surface area contributed by atoms with Crippen molar-refractivity contribution in [3.05, 3.63) is 71.5 Å². The molecule has 4 rings (SSSR count). The molecule has 38 heavy (non-hydrogen) atoms. The Hall–Kier alpha value is -3.55. The van der Waals surface area contributed by atoms with Gasteiger partial charge >= 0.3 is 6.03 Å². The van der Waals surface area contributed by atoms with Gasteiger partial charge in [-0.1, -0.05) is 48.4 Å². The Labute approximate surface area is 227 Å². The maximum absolute atomic E-state index is 13.6. The molecule has 10 heteroatoms. The molecular weight excluding hydrogens is 505 g/mol. The largest absolute Gasteiger partial charge is 0.337 e. The van der Waals surface area contributed by atoms with Crippen LogP contribution in [0.1, 0.15) is 17.5 Å². The number of carbonyl (C=O) groups excluding carboxylic acids is 3. The van der Waals surface area contributed by atoms with Gasteiger partial charge in [0.25, 0.3) is 0 Å². The number of fused-ring (bicyclic) bond motifs is 1. The number of rotatable bonds is 9. The van der Waals surface area contributed by atoms with Crippen molar-refractivity contribution in [2.75, 3.05) is 38.2 Å². The van der Waals surface area contributed by atoms with Gasteiger partial charge < -0.3 is 15.1 Å². The second-order valence-corrected chi connectivity index (χ2v) is 10.2. The van der Waals surface area contributed by atoms with Gasteiger partial charge in [-0.05, 0) is 48.1 Å². The Morgan fingerprint density at radius 2 is 1.87 bits per heavy atom. The molecule has 0 aliphatic carbocycles. The van der Waals surface area contributed by atoms with Crippen LogP contribution in [0.5, 0.6) is 0 Å². The molecule has 2 fully saturated rings. The van der Waals surface area contributed by atoms with Crippen LogP contribution in [0, 0.1) is 18.2 Å². The first-order chi connectivity index (χ1) is 18.4. The van der Waals surface area contributed by atoms with Gasteiger partial charge in [0.1, 0.15) is 18.0 Å². The summed E-state index contributed by atoms with van der Waals surface area (Å²) in [7, 11) is 0. The van der Waals surface area contributed by atoms with Crippen LogP contribution in [-0.4, -0.2) is 88.1 Å². The van der Waals surface area contributed by atoms with Crippen LogP contribution in [0.25, 0.3) is 0 Å². The molecular formula is C28H32FN5O3S. The third-order valence-electron chi connectivity index (χ3n) is 6.78. The molecule has 0 spiro atoms. The summed E-state index contributed by atoms with van der Waals surface area (Å²) in [5.41, 5.74) is 1.83. The molecule has 2 aliphatic heterocycles. The molecule has 8 nitrogen and oxygen atoms in total. The summed E-state index contributed by atoms with van der Waals surface area (Å²) in [6.45, 7) is 0.838. The molecule has 2 atom stereocenters. The smallest absolute Gasteiger partial charge is 0.334 e. The quantitative estimate of drug-likeness (QED) is 0.498. The van der Waals surface area contributed by atoms with Gasteiger partial charge in [-0.3, -0.25) is 9.59 Å². The van der Waals surface area contributed by atoms with Crippen LogP contribution < -0.4 is 5.32 Å². The number of urea groups is 1. The lowest BCUT2D eigenvalue weighted by Crippen LogP contribution is -2.76. The number of carbonyl (C=O) groups is 3. The normalized spacial score (nSPS) is 19.8. The molecule has 0 aromatic heterocycles. The van der Waals surface area contributed by atoms with Crippen molar-refractivity contribution >= 4 is 29.6 Å². The van der Waals surface area contributed by atoms with E-state index in [2.05, 4.69) is 11.2 Å². The molecule has 2 saturated heterocycles. The van der Waals surface area contributed by atoms with E-state index in [1.807, 2.05) is 36.6 Å². The first-order valence-corrected chi connectivity index (χ1v) is 13.9. The Bertz CT molecular complexity index is 1170. The van der Waals surface area contributed by atoms with Gasteiger partial charge in [0.15, 0.2) is 0 Å². The monoisotopic (exact) mass is 537 g/mol. The van der Waals surface area contributed by atoms with Crippen molar-refractivity contribution in [1.29, 1.82) is 0 Å². The number of hydrazine groups is 1. The van der Waals surface area contributed by atoms with Gasteiger partial charge in [-0.25, -0.2) is 14.2 Å². The van der Waals surface area contributed by atoms with Gasteiger partial charge in [0.2, 0.25) is 11.8 Å². The number of terminal acetylenes is 1. The topological polar surface area (TPSA) is 76.2 Å². The minimum absolute atomic E-state index is 0.0772. The summed E-state index contributed by atoms with van der Waals surface area (Å²) >= 11 is 1.60. The molecule has 2 aromatic rings. The minimum atomic E-state index is -0.696.